The molecule has 1 amide bonds. The highest BCUT2D eigenvalue weighted by Gasteiger charge is 2.23. The normalized spacial score (nSPS) is 11.5. The summed E-state index contributed by atoms with van der Waals surface area (Å²) in [4.78, 5) is 12.7. The molecule has 0 saturated heterocycles. The lowest BCUT2D eigenvalue weighted by Gasteiger charge is -2.19. The van der Waals surface area contributed by atoms with Gasteiger partial charge in [-0.05, 0) is 52.3 Å². The number of carbonyl (C=O) groups is 1. The molecule has 0 fully saturated rings. The Bertz CT molecular complexity index is 946. The van der Waals surface area contributed by atoms with Gasteiger partial charge in [0.15, 0.2) is 0 Å². The summed E-state index contributed by atoms with van der Waals surface area (Å²) in [7, 11) is -2.16. The molecule has 0 aliphatic carbocycles. The van der Waals surface area contributed by atoms with E-state index >= 15 is 0 Å². The van der Waals surface area contributed by atoms with E-state index in [0.29, 0.717) is 28.9 Å². The SMILES string of the molecule is CCN(CC)S(=O)(=O)c1ccc(Cl)c(NC(=O)c2cc(OC)ccc2Br)c1. The van der Waals surface area contributed by atoms with Gasteiger partial charge in [0.2, 0.25) is 10.0 Å². The molecule has 0 unspecified atom stereocenters. The Labute approximate surface area is 172 Å². The first kappa shape index (κ1) is 21.7. The quantitative estimate of drug-likeness (QED) is 0.644. The smallest absolute Gasteiger partial charge is 0.256 e. The van der Waals surface area contributed by atoms with E-state index in [1.165, 1.54) is 29.6 Å². The number of amides is 1. The number of hydrogen-bond donors (Lipinski definition) is 1. The number of methoxy groups -OCH3 is 1. The van der Waals surface area contributed by atoms with E-state index < -0.39 is 15.9 Å². The Kier molecular flexibility index (Phi) is 7.27. The van der Waals surface area contributed by atoms with Gasteiger partial charge in [-0.1, -0.05) is 25.4 Å². The molecule has 1 N–H and O–H groups in total. The highest BCUT2D eigenvalue weighted by Crippen LogP contribution is 2.29. The number of rotatable bonds is 7. The minimum Gasteiger partial charge on any atom is -0.497 e. The average molecular weight is 476 g/mol. The van der Waals surface area contributed by atoms with Crippen LogP contribution < -0.4 is 10.1 Å². The maximum atomic E-state index is 12.7. The van der Waals surface area contributed by atoms with E-state index in [0.717, 1.165) is 0 Å². The van der Waals surface area contributed by atoms with E-state index in [4.69, 9.17) is 16.3 Å². The highest BCUT2D eigenvalue weighted by molar-refractivity contribution is 9.10. The summed E-state index contributed by atoms with van der Waals surface area (Å²) in [5.41, 5.74) is 0.548. The molecule has 2 aromatic carbocycles. The van der Waals surface area contributed by atoms with E-state index in [9.17, 15) is 13.2 Å². The van der Waals surface area contributed by atoms with Gasteiger partial charge in [-0.2, -0.15) is 4.31 Å². The molecule has 0 atom stereocenters. The van der Waals surface area contributed by atoms with Crippen molar-refractivity contribution < 1.29 is 17.9 Å². The second-order valence-corrected chi connectivity index (χ2v) is 8.73. The Hall–Kier alpha value is -1.61. The van der Waals surface area contributed by atoms with E-state index in [-0.39, 0.29) is 15.6 Å². The number of nitrogens with zero attached hydrogens (tertiary/aromatic N) is 1. The van der Waals surface area contributed by atoms with Gasteiger partial charge in [0.25, 0.3) is 5.91 Å². The van der Waals surface area contributed by atoms with Gasteiger partial charge in [0, 0.05) is 17.6 Å². The molecule has 0 bridgehead atoms. The molecular weight excluding hydrogens is 456 g/mol. The van der Waals surface area contributed by atoms with Crippen LogP contribution >= 0.6 is 27.5 Å². The van der Waals surface area contributed by atoms with Crippen molar-refractivity contribution in [3.63, 3.8) is 0 Å². The fourth-order valence-electron chi connectivity index (χ4n) is 2.47. The van der Waals surface area contributed by atoms with Crippen LogP contribution in [0.5, 0.6) is 5.75 Å². The molecule has 0 aliphatic heterocycles. The average Bonchev–Trinajstić information content (AvgIpc) is 2.64. The monoisotopic (exact) mass is 474 g/mol. The van der Waals surface area contributed by atoms with Crippen molar-refractivity contribution in [2.75, 3.05) is 25.5 Å². The lowest BCUT2D eigenvalue weighted by atomic mass is 10.2. The largest absolute Gasteiger partial charge is 0.497 e. The fraction of sp³-hybridized carbons (Fsp3) is 0.278. The number of ether oxygens (including phenoxy) is 1. The minimum atomic E-state index is -3.67. The third-order valence-electron chi connectivity index (χ3n) is 3.95. The first-order valence-electron chi connectivity index (χ1n) is 8.19. The van der Waals surface area contributed by atoms with Crippen molar-refractivity contribution in [3.05, 3.63) is 51.5 Å². The molecule has 0 spiro atoms. The van der Waals surface area contributed by atoms with Gasteiger partial charge >= 0.3 is 0 Å². The van der Waals surface area contributed by atoms with E-state index in [1.807, 2.05) is 0 Å². The van der Waals surface area contributed by atoms with Crippen LogP contribution in [0, 0.1) is 0 Å². The van der Waals surface area contributed by atoms with Gasteiger partial charge in [0.1, 0.15) is 5.75 Å². The van der Waals surface area contributed by atoms with Crippen LogP contribution in [0.15, 0.2) is 45.8 Å². The maximum Gasteiger partial charge on any atom is 0.256 e. The molecule has 0 saturated carbocycles. The van der Waals surface area contributed by atoms with Gasteiger partial charge < -0.3 is 10.1 Å². The zero-order valence-corrected chi connectivity index (χ0v) is 18.3. The summed E-state index contributed by atoms with van der Waals surface area (Å²) in [6, 6.07) is 9.22. The fourth-order valence-corrected chi connectivity index (χ4v) is 4.54. The second kappa shape index (κ2) is 9.05. The Morgan fingerprint density at radius 2 is 1.85 bits per heavy atom. The van der Waals surface area contributed by atoms with Crippen molar-refractivity contribution in [1.82, 2.24) is 4.31 Å². The predicted octanol–water partition coefficient (Wildman–Crippen LogP) is 4.39. The van der Waals surface area contributed by atoms with Crippen molar-refractivity contribution in [2.45, 2.75) is 18.7 Å². The number of halogens is 2. The Morgan fingerprint density at radius 1 is 1.19 bits per heavy atom. The predicted molar refractivity (Wildman–Crippen MR) is 110 cm³/mol. The van der Waals surface area contributed by atoms with E-state index in [2.05, 4.69) is 21.2 Å². The van der Waals surface area contributed by atoms with Crippen LogP contribution in [0.4, 0.5) is 5.69 Å². The summed E-state index contributed by atoms with van der Waals surface area (Å²) < 4.78 is 32.4. The van der Waals surface area contributed by atoms with Crippen LogP contribution in [0.3, 0.4) is 0 Å². The molecule has 0 radical (unpaired) electrons. The maximum absolute atomic E-state index is 12.7. The van der Waals surface area contributed by atoms with Crippen molar-refractivity contribution in [3.8, 4) is 5.75 Å². The molecular formula is C18H20BrClN2O4S. The van der Waals surface area contributed by atoms with Crippen LogP contribution in [-0.4, -0.2) is 38.8 Å². The standard InChI is InChI=1S/C18H20BrClN2O4S/c1-4-22(5-2)27(24,25)13-7-9-16(20)17(11-13)21-18(23)14-10-12(26-3)6-8-15(14)19/h6-11H,4-5H2,1-3H3,(H,21,23). The van der Waals surface area contributed by atoms with Gasteiger partial charge in [-0.15, -0.1) is 0 Å². The molecule has 0 aliphatic rings. The van der Waals surface area contributed by atoms with Crippen molar-refractivity contribution in [1.29, 1.82) is 0 Å². The van der Waals surface area contributed by atoms with Crippen molar-refractivity contribution in [2.24, 2.45) is 0 Å². The van der Waals surface area contributed by atoms with Gasteiger partial charge in [0.05, 0.1) is 28.3 Å². The van der Waals surface area contributed by atoms with Crippen LogP contribution in [0.1, 0.15) is 24.2 Å². The number of nitrogens with one attached hydrogen (secondary N) is 1. The summed E-state index contributed by atoms with van der Waals surface area (Å²) in [5.74, 6) is 0.0763. The second-order valence-electron chi connectivity index (χ2n) is 5.53. The molecule has 9 heteroatoms. The third-order valence-corrected chi connectivity index (χ3v) is 7.01. The minimum absolute atomic E-state index is 0.0654. The van der Waals surface area contributed by atoms with Crippen LogP contribution in [-0.2, 0) is 10.0 Å². The topological polar surface area (TPSA) is 75.7 Å². The zero-order chi connectivity index (χ0) is 20.2. The summed E-state index contributed by atoms with van der Waals surface area (Å²) in [6.07, 6.45) is 0. The Morgan fingerprint density at radius 3 is 2.44 bits per heavy atom. The first-order valence-corrected chi connectivity index (χ1v) is 10.8. The molecule has 2 aromatic rings. The Balaban J connectivity index is 2.39. The molecule has 0 aromatic heterocycles. The zero-order valence-electron chi connectivity index (χ0n) is 15.1. The third kappa shape index (κ3) is 4.82. The van der Waals surface area contributed by atoms with Crippen LogP contribution in [0.25, 0.3) is 0 Å². The first-order chi connectivity index (χ1) is 12.7. The highest BCUT2D eigenvalue weighted by atomic mass is 79.9. The number of anilines is 1. The van der Waals surface area contributed by atoms with Gasteiger partial charge in [-0.25, -0.2) is 8.42 Å². The van der Waals surface area contributed by atoms with Gasteiger partial charge in [-0.3, -0.25) is 4.79 Å². The molecule has 146 valence electrons. The summed E-state index contributed by atoms with van der Waals surface area (Å²) in [6.45, 7) is 4.22. The number of carbonyl (C=O) groups excluding carboxylic acids is 1. The summed E-state index contributed by atoms with van der Waals surface area (Å²) in [5, 5.41) is 2.90. The van der Waals surface area contributed by atoms with Crippen molar-refractivity contribution >= 4 is 49.1 Å². The molecule has 0 heterocycles. The summed E-state index contributed by atoms with van der Waals surface area (Å²) >= 11 is 9.49. The van der Waals surface area contributed by atoms with E-state index in [1.54, 1.807) is 32.0 Å². The lowest BCUT2D eigenvalue weighted by Crippen LogP contribution is -2.30. The molecule has 2 rings (SSSR count). The number of sulfonamides is 1. The number of benzene rings is 2. The molecule has 6 nitrogen and oxygen atoms in total. The lowest BCUT2D eigenvalue weighted by molar-refractivity contribution is 0.102. The molecule has 27 heavy (non-hydrogen) atoms. The number of hydrogen-bond acceptors (Lipinski definition) is 4. The van der Waals surface area contributed by atoms with Crippen LogP contribution in [0.2, 0.25) is 5.02 Å².